The van der Waals surface area contributed by atoms with Crippen molar-refractivity contribution in [3.8, 4) is 0 Å². The van der Waals surface area contributed by atoms with Gasteiger partial charge in [-0.25, -0.2) is 9.66 Å². The number of fused-ring (bicyclic) bond motifs is 1. The van der Waals surface area contributed by atoms with Crippen molar-refractivity contribution in [1.82, 2.24) is 19.6 Å². The Hall–Kier alpha value is -2.13. The molecule has 0 aromatic carbocycles. The number of nitrogens with one attached hydrogen (secondary N) is 2. The summed E-state index contributed by atoms with van der Waals surface area (Å²) in [5.74, 6) is -0.159. The number of aromatic amines is 1. The molecule has 0 aliphatic rings. The first-order valence-electron chi connectivity index (χ1n) is 5.84. The maximum atomic E-state index is 11.5. The summed E-state index contributed by atoms with van der Waals surface area (Å²) < 4.78 is 1.49. The summed E-state index contributed by atoms with van der Waals surface area (Å²) in [4.78, 5) is 21.8. The number of aliphatic hydroxyl groups excluding tert-OH is 2. The fourth-order valence-corrected chi connectivity index (χ4v) is 1.67. The minimum absolute atomic E-state index is 0.0182. The molecule has 1 atom stereocenters. The quantitative estimate of drug-likeness (QED) is 0.391. The molecule has 0 radical (unpaired) electrons. The van der Waals surface area contributed by atoms with Gasteiger partial charge < -0.3 is 21.4 Å². The second kappa shape index (κ2) is 5.67. The van der Waals surface area contributed by atoms with Crippen LogP contribution in [0.4, 0.5) is 5.95 Å². The Kier molecular flexibility index (Phi) is 3.97. The van der Waals surface area contributed by atoms with Gasteiger partial charge in [0.1, 0.15) is 6.33 Å². The minimum atomic E-state index is -0.397. The molecule has 19 heavy (non-hydrogen) atoms. The number of aliphatic hydroxyl groups is 2. The van der Waals surface area contributed by atoms with E-state index in [1.807, 2.05) is 0 Å². The number of nitrogens with zero attached hydrogens (tertiary/aromatic N) is 3. The highest BCUT2D eigenvalue weighted by Gasteiger charge is 2.10. The number of hydrogen-bond acceptors (Lipinski definition) is 7. The standard InChI is InChI=1S/C10H16N6O3/c11-10-14-8-7(9(19)15-10)12-5-16(8)13-2-1-6(3-17)4-18/h5-6,13,17-18H,1-4H2,(H3,11,14,15,19)/i3+1/t6-/m0/s1. The van der Waals surface area contributed by atoms with Crippen LogP contribution in [0.5, 0.6) is 0 Å². The smallest absolute Gasteiger partial charge is 0.280 e. The number of aromatic nitrogens is 4. The second-order valence-corrected chi connectivity index (χ2v) is 4.17. The topological polar surface area (TPSA) is 142 Å². The number of imidazole rings is 1. The van der Waals surface area contributed by atoms with Gasteiger partial charge >= 0.3 is 0 Å². The van der Waals surface area contributed by atoms with Crippen molar-refractivity contribution in [2.75, 3.05) is 30.9 Å². The Bertz CT molecular complexity index is 603. The van der Waals surface area contributed by atoms with E-state index in [9.17, 15) is 4.79 Å². The highest BCUT2D eigenvalue weighted by molar-refractivity contribution is 5.70. The van der Waals surface area contributed by atoms with Crippen LogP contribution in [0.3, 0.4) is 0 Å². The predicted octanol–water partition coefficient (Wildman–Crippen LogP) is -1.76. The number of nitrogens with two attached hydrogens (primary N) is 1. The van der Waals surface area contributed by atoms with Crippen molar-refractivity contribution in [2.24, 2.45) is 5.92 Å². The Morgan fingerprint density at radius 1 is 1.47 bits per heavy atom. The molecule has 9 heteroatoms. The van der Waals surface area contributed by atoms with Crippen molar-refractivity contribution in [2.45, 2.75) is 6.42 Å². The first-order valence-corrected chi connectivity index (χ1v) is 5.84. The number of H-pyrrole nitrogens is 1. The molecule has 104 valence electrons. The first kappa shape index (κ1) is 13.3. The molecule has 0 aliphatic heterocycles. The van der Waals surface area contributed by atoms with Gasteiger partial charge in [0.15, 0.2) is 11.2 Å². The van der Waals surface area contributed by atoms with Gasteiger partial charge in [0.25, 0.3) is 5.56 Å². The second-order valence-electron chi connectivity index (χ2n) is 4.17. The van der Waals surface area contributed by atoms with Crippen LogP contribution < -0.4 is 16.7 Å². The zero-order chi connectivity index (χ0) is 13.8. The van der Waals surface area contributed by atoms with Gasteiger partial charge in [-0.05, 0) is 6.42 Å². The number of hydrogen-bond donors (Lipinski definition) is 5. The van der Waals surface area contributed by atoms with E-state index in [-0.39, 0.29) is 30.6 Å². The summed E-state index contributed by atoms with van der Waals surface area (Å²) in [5, 5.41) is 17.9. The third-order valence-corrected chi connectivity index (χ3v) is 2.78. The Balaban J connectivity index is 2.11. The third kappa shape index (κ3) is 2.83. The number of anilines is 1. The van der Waals surface area contributed by atoms with E-state index in [0.717, 1.165) is 0 Å². The molecule has 2 rings (SSSR count). The molecular formula is C10H16N6O3. The van der Waals surface area contributed by atoms with Crippen LogP contribution in [0.25, 0.3) is 11.2 Å². The lowest BCUT2D eigenvalue weighted by atomic mass is 10.2. The summed E-state index contributed by atoms with van der Waals surface area (Å²) in [7, 11) is 0. The lowest BCUT2D eigenvalue weighted by molar-refractivity contribution is 0.146. The highest BCUT2D eigenvalue weighted by atomic mass is 16.3. The molecule has 0 saturated heterocycles. The van der Waals surface area contributed by atoms with E-state index in [1.54, 1.807) is 0 Å². The fraction of sp³-hybridized carbons (Fsp3) is 0.500. The largest absolute Gasteiger partial charge is 0.396 e. The van der Waals surface area contributed by atoms with Gasteiger partial charge in [-0.3, -0.25) is 9.78 Å². The summed E-state index contributed by atoms with van der Waals surface area (Å²) >= 11 is 0. The monoisotopic (exact) mass is 269 g/mol. The zero-order valence-corrected chi connectivity index (χ0v) is 10.2. The van der Waals surface area contributed by atoms with Crippen LogP contribution in [0, 0.1) is 5.92 Å². The molecule has 0 bridgehead atoms. The van der Waals surface area contributed by atoms with Gasteiger partial charge in [0.2, 0.25) is 5.95 Å². The van der Waals surface area contributed by atoms with Crippen LogP contribution >= 0.6 is 0 Å². The maximum Gasteiger partial charge on any atom is 0.280 e. The summed E-state index contributed by atoms with van der Waals surface area (Å²) in [6.07, 6.45) is 2.00. The van der Waals surface area contributed by atoms with E-state index in [1.165, 1.54) is 11.0 Å². The van der Waals surface area contributed by atoms with E-state index in [2.05, 4.69) is 20.4 Å². The zero-order valence-electron chi connectivity index (χ0n) is 10.2. The molecule has 2 aromatic rings. The Labute approximate surface area is 108 Å². The molecule has 0 aliphatic carbocycles. The van der Waals surface area contributed by atoms with Gasteiger partial charge in [0.05, 0.1) is 0 Å². The normalized spacial score (nSPS) is 12.7. The third-order valence-electron chi connectivity index (χ3n) is 2.78. The van der Waals surface area contributed by atoms with Crippen molar-refractivity contribution in [1.29, 1.82) is 0 Å². The fourth-order valence-electron chi connectivity index (χ4n) is 1.67. The molecule has 0 spiro atoms. The Morgan fingerprint density at radius 2 is 2.21 bits per heavy atom. The number of rotatable bonds is 6. The minimum Gasteiger partial charge on any atom is -0.396 e. The molecule has 0 unspecified atom stereocenters. The summed E-state index contributed by atoms with van der Waals surface area (Å²) in [6, 6.07) is 0. The molecule has 0 saturated carbocycles. The van der Waals surface area contributed by atoms with Gasteiger partial charge in [0, 0.05) is 25.7 Å². The maximum absolute atomic E-state index is 11.5. The molecular weight excluding hydrogens is 253 g/mol. The summed E-state index contributed by atoms with van der Waals surface area (Å²) in [6.45, 7) is 0.340. The Morgan fingerprint density at radius 3 is 2.89 bits per heavy atom. The lowest BCUT2D eigenvalue weighted by Crippen LogP contribution is -2.22. The average Bonchev–Trinajstić information content (AvgIpc) is 2.78. The van der Waals surface area contributed by atoms with Crippen molar-refractivity contribution in [3.63, 3.8) is 0 Å². The van der Waals surface area contributed by atoms with Crippen LogP contribution in [0.1, 0.15) is 6.42 Å². The number of nitrogen functional groups attached to an aromatic ring is 1. The molecule has 9 nitrogen and oxygen atoms in total. The molecule has 6 N–H and O–H groups in total. The van der Waals surface area contributed by atoms with Crippen LogP contribution in [0.15, 0.2) is 11.1 Å². The highest BCUT2D eigenvalue weighted by Crippen LogP contribution is 2.05. The van der Waals surface area contributed by atoms with Crippen molar-refractivity contribution in [3.05, 3.63) is 16.7 Å². The van der Waals surface area contributed by atoms with Gasteiger partial charge in [-0.1, -0.05) is 0 Å². The van der Waals surface area contributed by atoms with E-state index in [0.29, 0.717) is 18.6 Å². The van der Waals surface area contributed by atoms with Gasteiger partial charge in [-0.2, -0.15) is 4.98 Å². The van der Waals surface area contributed by atoms with Crippen LogP contribution in [0.2, 0.25) is 0 Å². The predicted molar refractivity (Wildman–Crippen MR) is 69.1 cm³/mol. The van der Waals surface area contributed by atoms with Crippen molar-refractivity contribution >= 4 is 17.1 Å². The SMILES string of the molecule is Nc1nc2c(ncn2NCC[C@H](CO)[13CH2]O)c(=O)[nH]1. The van der Waals surface area contributed by atoms with Crippen molar-refractivity contribution < 1.29 is 10.2 Å². The summed E-state index contributed by atoms with van der Waals surface area (Å²) in [5.41, 5.74) is 8.59. The molecule has 2 aromatic heterocycles. The van der Waals surface area contributed by atoms with Crippen LogP contribution in [-0.2, 0) is 0 Å². The first-order chi connectivity index (χ1) is 9.15. The average molecular weight is 269 g/mol. The molecule has 0 fully saturated rings. The van der Waals surface area contributed by atoms with E-state index >= 15 is 0 Å². The van der Waals surface area contributed by atoms with E-state index in [4.69, 9.17) is 15.9 Å². The lowest BCUT2D eigenvalue weighted by Gasteiger charge is -2.12. The van der Waals surface area contributed by atoms with Gasteiger partial charge in [-0.15, -0.1) is 0 Å². The van der Waals surface area contributed by atoms with E-state index < -0.39 is 5.56 Å². The van der Waals surface area contributed by atoms with Crippen LogP contribution in [-0.4, -0.2) is 49.6 Å². The molecule has 2 heterocycles. The molecule has 0 amide bonds.